The summed E-state index contributed by atoms with van der Waals surface area (Å²) in [5, 5.41) is 4.43. The molecule has 0 saturated carbocycles. The molecule has 0 aliphatic heterocycles. The van der Waals surface area contributed by atoms with Crippen molar-refractivity contribution in [2.24, 2.45) is 0 Å². The summed E-state index contributed by atoms with van der Waals surface area (Å²) in [7, 11) is 1.84. The van der Waals surface area contributed by atoms with Gasteiger partial charge in [-0.2, -0.15) is 0 Å². The Hall–Kier alpha value is -3.18. The molecule has 3 aromatic carbocycles. The summed E-state index contributed by atoms with van der Waals surface area (Å²) in [5.74, 6) is 0.0670. The van der Waals surface area contributed by atoms with Gasteiger partial charge in [-0.25, -0.2) is 4.98 Å². The lowest BCUT2D eigenvalue weighted by Crippen LogP contribution is -2.38. The third-order valence-corrected chi connectivity index (χ3v) is 6.08. The van der Waals surface area contributed by atoms with Crippen LogP contribution in [0, 0.1) is 0 Å². The zero-order valence-corrected chi connectivity index (χ0v) is 18.0. The van der Waals surface area contributed by atoms with Gasteiger partial charge in [0.1, 0.15) is 6.04 Å². The molecule has 1 heterocycles. The van der Waals surface area contributed by atoms with Crippen LogP contribution < -0.4 is 5.32 Å². The minimum atomic E-state index is -0.297. The van der Waals surface area contributed by atoms with E-state index in [1.165, 1.54) is 10.3 Å². The molecule has 0 radical (unpaired) electrons. The zero-order chi connectivity index (χ0) is 20.9. The number of amides is 1. The minimum absolute atomic E-state index is 0.0670. The number of thiazole rings is 1. The maximum absolute atomic E-state index is 12.7. The highest BCUT2D eigenvalue weighted by Crippen LogP contribution is 2.24. The first-order valence-corrected chi connectivity index (χ1v) is 10.9. The number of nitrogens with zero attached hydrogens (tertiary/aromatic N) is 2. The van der Waals surface area contributed by atoms with E-state index in [4.69, 9.17) is 4.98 Å². The molecule has 0 aliphatic carbocycles. The summed E-state index contributed by atoms with van der Waals surface area (Å²) in [6, 6.07) is 26.2. The maximum Gasteiger partial charge on any atom is 0.244 e. The number of anilines is 1. The average molecular weight is 416 g/mol. The normalized spacial score (nSPS) is 11.9. The van der Waals surface area contributed by atoms with Crippen LogP contribution in [0.5, 0.6) is 0 Å². The smallest absolute Gasteiger partial charge is 0.244 e. The lowest BCUT2D eigenvalue weighted by atomic mass is 10.1. The third kappa shape index (κ3) is 4.86. The van der Waals surface area contributed by atoms with Crippen molar-refractivity contribution < 1.29 is 4.79 Å². The van der Waals surface area contributed by atoms with E-state index in [1.807, 2.05) is 68.6 Å². The molecule has 0 saturated heterocycles. The predicted molar refractivity (Wildman–Crippen MR) is 125 cm³/mol. The summed E-state index contributed by atoms with van der Waals surface area (Å²) in [4.78, 5) is 19.2. The van der Waals surface area contributed by atoms with Gasteiger partial charge in [0, 0.05) is 25.7 Å². The summed E-state index contributed by atoms with van der Waals surface area (Å²) in [6.45, 7) is 2.51. The van der Waals surface area contributed by atoms with E-state index in [2.05, 4.69) is 29.6 Å². The molecule has 0 unspecified atom stereocenters. The molecule has 1 amide bonds. The summed E-state index contributed by atoms with van der Waals surface area (Å²) < 4.78 is 1.22. The van der Waals surface area contributed by atoms with Gasteiger partial charge in [0.15, 0.2) is 0 Å². The Labute approximate surface area is 181 Å². The molecular weight excluding hydrogens is 390 g/mol. The van der Waals surface area contributed by atoms with Crippen LogP contribution in [0.25, 0.3) is 10.2 Å². The first-order valence-electron chi connectivity index (χ1n) is 10.1. The number of carbonyl (C=O) groups excluding carboxylic acids is 1. The first kappa shape index (κ1) is 20.1. The minimum Gasteiger partial charge on any atom is -0.374 e. The molecule has 4 nitrogen and oxygen atoms in total. The van der Waals surface area contributed by atoms with Crippen LogP contribution in [0.1, 0.15) is 23.1 Å². The fourth-order valence-electron chi connectivity index (χ4n) is 3.47. The van der Waals surface area contributed by atoms with Crippen LogP contribution in [0.15, 0.2) is 78.9 Å². The number of para-hydroxylation sites is 1. The van der Waals surface area contributed by atoms with E-state index >= 15 is 0 Å². The van der Waals surface area contributed by atoms with E-state index in [0.29, 0.717) is 6.54 Å². The van der Waals surface area contributed by atoms with Crippen molar-refractivity contribution in [1.29, 1.82) is 0 Å². The highest BCUT2D eigenvalue weighted by atomic mass is 32.1. The number of nitrogens with one attached hydrogen (secondary N) is 1. The van der Waals surface area contributed by atoms with Crippen molar-refractivity contribution in [3.05, 3.63) is 95.0 Å². The zero-order valence-electron chi connectivity index (χ0n) is 17.2. The van der Waals surface area contributed by atoms with E-state index in [-0.39, 0.29) is 11.9 Å². The molecule has 152 valence electrons. The quantitative estimate of drug-likeness (QED) is 0.443. The molecule has 0 fully saturated rings. The molecule has 0 aliphatic rings. The van der Waals surface area contributed by atoms with Gasteiger partial charge < -0.3 is 10.2 Å². The number of carbonyl (C=O) groups is 1. The van der Waals surface area contributed by atoms with Crippen molar-refractivity contribution >= 4 is 33.1 Å². The largest absolute Gasteiger partial charge is 0.374 e. The van der Waals surface area contributed by atoms with E-state index in [0.717, 1.165) is 28.2 Å². The van der Waals surface area contributed by atoms with Gasteiger partial charge in [0.2, 0.25) is 5.91 Å². The van der Waals surface area contributed by atoms with Crippen LogP contribution >= 0.6 is 11.3 Å². The standard InChI is InChI=1S/C25H25N3OS/c1-18(25(29)28(2)17-20-8-4-3-5-9-20)26-21-14-12-19(13-15-21)16-24-27-22-10-6-7-11-23(22)30-24/h3-15,18,26H,16-17H2,1-2H3/t18-/m1/s1. The molecule has 0 spiro atoms. The van der Waals surface area contributed by atoms with E-state index in [9.17, 15) is 4.79 Å². The van der Waals surface area contributed by atoms with Crippen molar-refractivity contribution in [2.45, 2.75) is 25.9 Å². The predicted octanol–water partition coefficient (Wildman–Crippen LogP) is 5.35. The second kappa shape index (κ2) is 9.09. The fraction of sp³-hybridized carbons (Fsp3) is 0.200. The molecular formula is C25H25N3OS. The second-order valence-electron chi connectivity index (χ2n) is 7.49. The lowest BCUT2D eigenvalue weighted by molar-refractivity contribution is -0.130. The van der Waals surface area contributed by atoms with Gasteiger partial charge in [-0.1, -0.05) is 54.6 Å². The maximum atomic E-state index is 12.7. The van der Waals surface area contributed by atoms with Crippen LogP contribution in [0.3, 0.4) is 0 Å². The first-order chi connectivity index (χ1) is 14.6. The SMILES string of the molecule is C[C@@H](Nc1ccc(Cc2nc3ccccc3s2)cc1)C(=O)N(C)Cc1ccccc1. The molecule has 1 aromatic heterocycles. The van der Waals surface area contributed by atoms with E-state index < -0.39 is 0 Å². The van der Waals surface area contributed by atoms with Crippen LogP contribution in [0.4, 0.5) is 5.69 Å². The molecule has 1 atom stereocenters. The monoisotopic (exact) mass is 415 g/mol. The summed E-state index contributed by atoms with van der Waals surface area (Å²) >= 11 is 1.74. The van der Waals surface area contributed by atoms with Gasteiger partial charge in [-0.05, 0) is 42.3 Å². The van der Waals surface area contributed by atoms with Crippen LogP contribution in [-0.2, 0) is 17.8 Å². The number of aromatic nitrogens is 1. The van der Waals surface area contributed by atoms with Crippen molar-refractivity contribution in [3.63, 3.8) is 0 Å². The molecule has 1 N–H and O–H groups in total. The van der Waals surface area contributed by atoms with Gasteiger partial charge in [0.25, 0.3) is 0 Å². The number of likely N-dealkylation sites (N-methyl/N-ethyl adjacent to an activating group) is 1. The van der Waals surface area contributed by atoms with Gasteiger partial charge in [0.05, 0.1) is 15.2 Å². The second-order valence-corrected chi connectivity index (χ2v) is 8.61. The van der Waals surface area contributed by atoms with Gasteiger partial charge in [-0.15, -0.1) is 11.3 Å². The van der Waals surface area contributed by atoms with E-state index in [1.54, 1.807) is 16.2 Å². The molecule has 5 heteroatoms. The Bertz CT molecular complexity index is 1090. The molecule has 4 aromatic rings. The number of fused-ring (bicyclic) bond motifs is 1. The molecule has 4 rings (SSSR count). The summed E-state index contributed by atoms with van der Waals surface area (Å²) in [5.41, 5.74) is 4.33. The fourth-order valence-corrected chi connectivity index (χ4v) is 4.47. The Morgan fingerprint density at radius 3 is 2.40 bits per heavy atom. The average Bonchev–Trinajstić information content (AvgIpc) is 3.17. The van der Waals surface area contributed by atoms with Crippen molar-refractivity contribution in [1.82, 2.24) is 9.88 Å². The highest BCUT2D eigenvalue weighted by molar-refractivity contribution is 7.18. The van der Waals surface area contributed by atoms with Crippen LogP contribution in [-0.4, -0.2) is 28.9 Å². The number of rotatable bonds is 7. The highest BCUT2D eigenvalue weighted by Gasteiger charge is 2.17. The topological polar surface area (TPSA) is 45.2 Å². The van der Waals surface area contributed by atoms with Gasteiger partial charge >= 0.3 is 0 Å². The van der Waals surface area contributed by atoms with Gasteiger partial charge in [-0.3, -0.25) is 4.79 Å². The Kier molecular flexibility index (Phi) is 6.10. The third-order valence-electron chi connectivity index (χ3n) is 5.04. The number of benzene rings is 3. The number of hydrogen-bond acceptors (Lipinski definition) is 4. The van der Waals surface area contributed by atoms with Crippen LogP contribution in [0.2, 0.25) is 0 Å². The van der Waals surface area contributed by atoms with Crippen molar-refractivity contribution in [2.75, 3.05) is 12.4 Å². The Morgan fingerprint density at radius 1 is 0.967 bits per heavy atom. The Balaban J connectivity index is 1.34. The summed E-state index contributed by atoms with van der Waals surface area (Å²) in [6.07, 6.45) is 0.813. The molecule has 30 heavy (non-hydrogen) atoms. The number of hydrogen-bond donors (Lipinski definition) is 1. The lowest BCUT2D eigenvalue weighted by Gasteiger charge is -2.23. The molecule has 0 bridgehead atoms. The Morgan fingerprint density at radius 2 is 1.67 bits per heavy atom. The van der Waals surface area contributed by atoms with Crippen molar-refractivity contribution in [3.8, 4) is 0 Å².